The largest absolute Gasteiger partial charge is 0.465 e. The van der Waals surface area contributed by atoms with Gasteiger partial charge >= 0.3 is 0 Å². The van der Waals surface area contributed by atoms with Gasteiger partial charge in [-0.05, 0) is 35.9 Å². The Kier molecular flexibility index (Phi) is 5.61. The van der Waals surface area contributed by atoms with Crippen molar-refractivity contribution in [3.05, 3.63) is 65.6 Å². The molecule has 0 unspecified atom stereocenters. The Hall–Kier alpha value is -2.89. The first kappa shape index (κ1) is 17.0. The monoisotopic (exact) mass is 368 g/mol. The van der Waals surface area contributed by atoms with E-state index in [0.29, 0.717) is 22.2 Å². The number of thioether (sulfide) groups is 1. The van der Waals surface area contributed by atoms with Crippen LogP contribution in [0.3, 0.4) is 0 Å². The molecule has 0 radical (unpaired) electrons. The molecule has 0 fully saturated rings. The molecule has 2 heterocycles. The highest BCUT2D eigenvalue weighted by Gasteiger charge is 2.07. The van der Waals surface area contributed by atoms with Gasteiger partial charge in [-0.2, -0.15) is 5.26 Å². The standard InChI is InChI=1S/C17H12N4O2S2/c18-10-12-3-5-13(6-4-12)11-24-17-21-20-16(25-17)19-15(22)8-7-14-2-1-9-23-14/h1-9H,11H2,(H,19,20,22)/b8-7+. The molecule has 0 bridgehead atoms. The predicted molar refractivity (Wildman–Crippen MR) is 97.0 cm³/mol. The fourth-order valence-electron chi connectivity index (χ4n) is 1.83. The van der Waals surface area contributed by atoms with Gasteiger partial charge in [0.25, 0.3) is 0 Å². The lowest BCUT2D eigenvalue weighted by Gasteiger charge is -1.98. The van der Waals surface area contributed by atoms with Crippen LogP contribution < -0.4 is 5.32 Å². The predicted octanol–water partition coefficient (Wildman–Crippen LogP) is 3.95. The van der Waals surface area contributed by atoms with Crippen LogP contribution in [0.15, 0.2) is 57.5 Å². The summed E-state index contributed by atoms with van der Waals surface area (Å²) in [6.07, 6.45) is 4.50. The Bertz CT molecular complexity index is 909. The van der Waals surface area contributed by atoms with Crippen LogP contribution in [0.4, 0.5) is 5.13 Å². The zero-order chi connectivity index (χ0) is 17.5. The first-order valence-corrected chi connectivity index (χ1v) is 9.01. The fraction of sp³-hybridized carbons (Fsp3) is 0.0588. The first-order chi connectivity index (χ1) is 12.2. The summed E-state index contributed by atoms with van der Waals surface area (Å²) in [5.41, 5.74) is 1.73. The minimum atomic E-state index is -0.295. The second-order valence-corrected chi connectivity index (χ2v) is 7.01. The lowest BCUT2D eigenvalue weighted by atomic mass is 10.2. The molecule has 0 spiro atoms. The van der Waals surface area contributed by atoms with Gasteiger partial charge in [0.15, 0.2) is 4.34 Å². The van der Waals surface area contributed by atoms with Crippen LogP contribution in [0.25, 0.3) is 6.08 Å². The third-order valence-electron chi connectivity index (χ3n) is 3.02. The van der Waals surface area contributed by atoms with Crippen molar-refractivity contribution in [3.8, 4) is 6.07 Å². The van der Waals surface area contributed by atoms with Gasteiger partial charge in [-0.15, -0.1) is 10.2 Å². The van der Waals surface area contributed by atoms with Crippen LogP contribution in [0.2, 0.25) is 0 Å². The maximum Gasteiger partial charge on any atom is 0.250 e. The van der Waals surface area contributed by atoms with E-state index in [4.69, 9.17) is 9.68 Å². The van der Waals surface area contributed by atoms with Crippen molar-refractivity contribution in [3.63, 3.8) is 0 Å². The van der Waals surface area contributed by atoms with Gasteiger partial charge < -0.3 is 4.42 Å². The van der Waals surface area contributed by atoms with Gasteiger partial charge in [-0.25, -0.2) is 0 Å². The molecule has 25 heavy (non-hydrogen) atoms. The molecule has 0 aliphatic heterocycles. The first-order valence-electron chi connectivity index (χ1n) is 7.21. The number of nitrogens with one attached hydrogen (secondary N) is 1. The van der Waals surface area contributed by atoms with Gasteiger partial charge in [-0.3, -0.25) is 10.1 Å². The van der Waals surface area contributed by atoms with E-state index in [9.17, 15) is 4.79 Å². The van der Waals surface area contributed by atoms with Crippen LogP contribution in [0, 0.1) is 11.3 Å². The van der Waals surface area contributed by atoms with Gasteiger partial charge in [-0.1, -0.05) is 35.2 Å². The highest BCUT2D eigenvalue weighted by atomic mass is 32.2. The molecule has 0 saturated carbocycles. The van der Waals surface area contributed by atoms with E-state index in [1.165, 1.54) is 29.2 Å². The van der Waals surface area contributed by atoms with E-state index < -0.39 is 0 Å². The Morgan fingerprint density at radius 1 is 1.32 bits per heavy atom. The minimum absolute atomic E-state index is 0.295. The highest BCUT2D eigenvalue weighted by molar-refractivity contribution is 8.00. The summed E-state index contributed by atoms with van der Waals surface area (Å²) in [6, 6.07) is 13.0. The topological polar surface area (TPSA) is 91.8 Å². The smallest absolute Gasteiger partial charge is 0.250 e. The molecule has 3 aromatic rings. The van der Waals surface area contributed by atoms with Crippen LogP contribution in [-0.4, -0.2) is 16.1 Å². The molecular weight excluding hydrogens is 356 g/mol. The molecule has 0 aliphatic carbocycles. The van der Waals surface area contributed by atoms with Crippen molar-refractivity contribution in [2.45, 2.75) is 10.1 Å². The Morgan fingerprint density at radius 3 is 2.88 bits per heavy atom. The molecule has 6 nitrogen and oxygen atoms in total. The van der Waals surface area contributed by atoms with E-state index in [2.05, 4.69) is 21.6 Å². The lowest BCUT2D eigenvalue weighted by molar-refractivity contribution is -0.111. The molecular formula is C17H12N4O2S2. The molecule has 1 aromatic carbocycles. The number of rotatable bonds is 6. The fourth-order valence-corrected chi connectivity index (χ4v) is 3.54. The molecule has 124 valence electrons. The number of carbonyl (C=O) groups excluding carboxylic acids is 1. The third kappa shape index (κ3) is 5.04. The summed E-state index contributed by atoms with van der Waals surface area (Å²) in [5.74, 6) is 1.02. The molecule has 0 saturated heterocycles. The Balaban J connectivity index is 1.51. The number of nitrogens with zero attached hydrogens (tertiary/aromatic N) is 3. The number of aromatic nitrogens is 2. The summed E-state index contributed by atoms with van der Waals surface area (Å²) in [4.78, 5) is 11.8. The number of furan rings is 1. The van der Waals surface area contributed by atoms with Gasteiger partial charge in [0, 0.05) is 11.8 Å². The number of carbonyl (C=O) groups is 1. The number of hydrogen-bond acceptors (Lipinski definition) is 7. The third-order valence-corrected chi connectivity index (χ3v) is 5.07. The normalized spacial score (nSPS) is 10.7. The SMILES string of the molecule is N#Cc1ccc(CSc2nnc(NC(=O)/C=C/c3ccco3)s2)cc1. The number of anilines is 1. The van der Waals surface area contributed by atoms with Gasteiger partial charge in [0.1, 0.15) is 5.76 Å². The van der Waals surface area contributed by atoms with Crippen molar-refractivity contribution < 1.29 is 9.21 Å². The summed E-state index contributed by atoms with van der Waals surface area (Å²) in [7, 11) is 0. The number of hydrogen-bond donors (Lipinski definition) is 1. The van der Waals surface area contributed by atoms with E-state index in [0.717, 1.165) is 9.90 Å². The Morgan fingerprint density at radius 2 is 2.16 bits per heavy atom. The van der Waals surface area contributed by atoms with Crippen molar-refractivity contribution in [2.24, 2.45) is 0 Å². The molecule has 2 aromatic heterocycles. The van der Waals surface area contributed by atoms with Crippen molar-refractivity contribution >= 4 is 40.2 Å². The van der Waals surface area contributed by atoms with E-state index in [1.807, 2.05) is 12.1 Å². The second kappa shape index (κ2) is 8.28. The van der Waals surface area contributed by atoms with Crippen LogP contribution in [-0.2, 0) is 10.5 Å². The second-order valence-electron chi connectivity index (χ2n) is 4.81. The van der Waals surface area contributed by atoms with E-state index >= 15 is 0 Å². The summed E-state index contributed by atoms with van der Waals surface area (Å²) in [6.45, 7) is 0. The maximum atomic E-state index is 11.8. The lowest BCUT2D eigenvalue weighted by Crippen LogP contribution is -2.07. The van der Waals surface area contributed by atoms with E-state index in [-0.39, 0.29) is 5.91 Å². The molecule has 0 atom stereocenters. The van der Waals surface area contributed by atoms with Crippen LogP contribution in [0.1, 0.15) is 16.9 Å². The zero-order valence-corrected chi connectivity index (χ0v) is 14.5. The molecule has 1 N–H and O–H groups in total. The van der Waals surface area contributed by atoms with Crippen LogP contribution >= 0.6 is 23.1 Å². The number of nitriles is 1. The highest BCUT2D eigenvalue weighted by Crippen LogP contribution is 2.28. The van der Waals surface area contributed by atoms with E-state index in [1.54, 1.807) is 36.6 Å². The quantitative estimate of drug-likeness (QED) is 0.402. The molecule has 3 rings (SSSR count). The maximum absolute atomic E-state index is 11.8. The minimum Gasteiger partial charge on any atom is -0.465 e. The van der Waals surface area contributed by atoms with Crippen LogP contribution in [0.5, 0.6) is 0 Å². The number of benzene rings is 1. The van der Waals surface area contributed by atoms with Crippen molar-refractivity contribution in [1.29, 1.82) is 5.26 Å². The van der Waals surface area contributed by atoms with Crippen molar-refractivity contribution in [1.82, 2.24) is 10.2 Å². The van der Waals surface area contributed by atoms with Gasteiger partial charge in [0.05, 0.1) is 17.9 Å². The molecule has 8 heteroatoms. The average Bonchev–Trinajstić information content (AvgIpc) is 3.30. The average molecular weight is 368 g/mol. The summed E-state index contributed by atoms with van der Waals surface area (Å²) < 4.78 is 5.87. The van der Waals surface area contributed by atoms with Crippen molar-refractivity contribution in [2.75, 3.05) is 5.32 Å². The molecule has 1 amide bonds. The number of amides is 1. The summed E-state index contributed by atoms with van der Waals surface area (Å²) in [5, 5.41) is 19.9. The summed E-state index contributed by atoms with van der Waals surface area (Å²) >= 11 is 2.83. The Labute approximate surface area is 152 Å². The molecule has 0 aliphatic rings. The van der Waals surface area contributed by atoms with Gasteiger partial charge in [0.2, 0.25) is 11.0 Å². The zero-order valence-electron chi connectivity index (χ0n) is 12.9.